The number of nitrogens with one attached hydrogen (secondary N) is 1. The van der Waals surface area contributed by atoms with Crippen molar-refractivity contribution < 1.29 is 13.9 Å². The third-order valence-electron chi connectivity index (χ3n) is 2.34. The number of carbonyl (C=O) groups excluding carboxylic acids is 1. The maximum absolute atomic E-state index is 13.1. The van der Waals surface area contributed by atoms with Crippen LogP contribution in [0, 0.1) is 18.7 Å². The Bertz CT molecular complexity index is 373. The van der Waals surface area contributed by atoms with E-state index in [0.29, 0.717) is 18.8 Å². The molecule has 1 atom stereocenters. The van der Waals surface area contributed by atoms with Crippen LogP contribution in [0.2, 0.25) is 0 Å². The summed E-state index contributed by atoms with van der Waals surface area (Å²) in [5.74, 6) is -0.775. The van der Waals surface area contributed by atoms with Gasteiger partial charge in [-0.2, -0.15) is 0 Å². The molecule has 17 heavy (non-hydrogen) atoms. The van der Waals surface area contributed by atoms with Crippen molar-refractivity contribution in [1.29, 1.82) is 0 Å². The molecule has 0 radical (unpaired) electrons. The first-order valence-corrected chi connectivity index (χ1v) is 5.70. The third-order valence-corrected chi connectivity index (χ3v) is 2.34. The number of hydrogen-bond acceptors (Lipinski definition) is 3. The number of ether oxygens (including phenoxy) is 1. The molecule has 0 aromatic heterocycles. The first-order valence-electron chi connectivity index (χ1n) is 5.70. The summed E-state index contributed by atoms with van der Waals surface area (Å²) in [5.41, 5.74) is 1.52. The molecule has 1 rings (SSSR count). The minimum Gasteiger partial charge on any atom is -0.466 e. The molecular formula is C13H18FNO2. The predicted molar refractivity (Wildman–Crippen MR) is 65.4 cm³/mol. The second kappa shape index (κ2) is 6.23. The SMILES string of the molecule is CCOC(=O)C(C)CNc1cc(C)cc(F)c1. The van der Waals surface area contributed by atoms with Gasteiger partial charge in [0.25, 0.3) is 0 Å². The molecule has 0 aliphatic rings. The van der Waals surface area contributed by atoms with Crippen LogP contribution in [0.5, 0.6) is 0 Å². The summed E-state index contributed by atoms with van der Waals surface area (Å²) in [6.07, 6.45) is 0. The molecule has 0 amide bonds. The molecular weight excluding hydrogens is 221 g/mol. The van der Waals surface area contributed by atoms with Gasteiger partial charge in [-0.15, -0.1) is 0 Å². The van der Waals surface area contributed by atoms with Gasteiger partial charge >= 0.3 is 5.97 Å². The number of rotatable bonds is 5. The molecule has 0 aliphatic heterocycles. The van der Waals surface area contributed by atoms with Crippen LogP contribution in [-0.4, -0.2) is 19.1 Å². The average Bonchev–Trinajstić information content (AvgIpc) is 2.25. The van der Waals surface area contributed by atoms with E-state index >= 15 is 0 Å². The Balaban J connectivity index is 2.52. The zero-order chi connectivity index (χ0) is 12.8. The van der Waals surface area contributed by atoms with Crippen molar-refractivity contribution in [1.82, 2.24) is 0 Å². The molecule has 0 fully saturated rings. The molecule has 0 heterocycles. The van der Waals surface area contributed by atoms with Crippen LogP contribution in [0.1, 0.15) is 19.4 Å². The molecule has 1 aromatic carbocycles. The van der Waals surface area contributed by atoms with Gasteiger partial charge in [-0.1, -0.05) is 6.92 Å². The van der Waals surface area contributed by atoms with Crippen molar-refractivity contribution >= 4 is 11.7 Å². The summed E-state index contributed by atoms with van der Waals surface area (Å²) in [6, 6.07) is 4.70. The lowest BCUT2D eigenvalue weighted by Crippen LogP contribution is -2.22. The van der Waals surface area contributed by atoms with Crippen molar-refractivity contribution in [2.75, 3.05) is 18.5 Å². The van der Waals surface area contributed by atoms with E-state index in [0.717, 1.165) is 5.56 Å². The van der Waals surface area contributed by atoms with Crippen LogP contribution in [0.4, 0.5) is 10.1 Å². The fourth-order valence-electron chi connectivity index (χ4n) is 1.48. The predicted octanol–water partition coefficient (Wildman–Crippen LogP) is 2.75. The minimum absolute atomic E-state index is 0.242. The fraction of sp³-hybridized carbons (Fsp3) is 0.462. The van der Waals surface area contributed by atoms with E-state index < -0.39 is 0 Å². The third kappa shape index (κ3) is 4.43. The van der Waals surface area contributed by atoms with E-state index in [1.807, 2.05) is 13.0 Å². The highest BCUT2D eigenvalue weighted by Gasteiger charge is 2.13. The number of halogens is 1. The molecule has 1 unspecified atom stereocenters. The lowest BCUT2D eigenvalue weighted by Gasteiger charge is -2.13. The maximum Gasteiger partial charge on any atom is 0.310 e. The van der Waals surface area contributed by atoms with Gasteiger partial charge in [0.1, 0.15) is 5.82 Å². The number of carbonyl (C=O) groups is 1. The molecule has 0 saturated heterocycles. The van der Waals surface area contributed by atoms with Crippen LogP contribution in [0.15, 0.2) is 18.2 Å². The lowest BCUT2D eigenvalue weighted by atomic mass is 10.1. The van der Waals surface area contributed by atoms with Gasteiger partial charge in [0.05, 0.1) is 12.5 Å². The van der Waals surface area contributed by atoms with Crippen LogP contribution in [-0.2, 0) is 9.53 Å². The van der Waals surface area contributed by atoms with Gasteiger partial charge in [0, 0.05) is 12.2 Å². The number of hydrogen-bond donors (Lipinski definition) is 1. The van der Waals surface area contributed by atoms with E-state index in [-0.39, 0.29) is 17.7 Å². The highest BCUT2D eigenvalue weighted by Crippen LogP contribution is 2.14. The summed E-state index contributed by atoms with van der Waals surface area (Å²) in [5, 5.41) is 3.02. The average molecular weight is 239 g/mol. The maximum atomic E-state index is 13.1. The number of anilines is 1. The van der Waals surface area contributed by atoms with E-state index in [9.17, 15) is 9.18 Å². The Morgan fingerprint density at radius 1 is 1.47 bits per heavy atom. The zero-order valence-electron chi connectivity index (χ0n) is 10.4. The zero-order valence-corrected chi connectivity index (χ0v) is 10.4. The van der Waals surface area contributed by atoms with Crippen LogP contribution >= 0.6 is 0 Å². The highest BCUT2D eigenvalue weighted by atomic mass is 19.1. The van der Waals surface area contributed by atoms with E-state index in [1.165, 1.54) is 12.1 Å². The Labute approximate surface area is 101 Å². The minimum atomic E-state index is -0.281. The van der Waals surface area contributed by atoms with Gasteiger partial charge < -0.3 is 10.1 Å². The molecule has 3 nitrogen and oxygen atoms in total. The van der Waals surface area contributed by atoms with E-state index in [1.54, 1.807) is 13.8 Å². The first kappa shape index (κ1) is 13.5. The Morgan fingerprint density at radius 3 is 2.76 bits per heavy atom. The van der Waals surface area contributed by atoms with Crippen molar-refractivity contribution in [3.63, 3.8) is 0 Å². The normalized spacial score (nSPS) is 12.0. The Morgan fingerprint density at radius 2 is 2.18 bits per heavy atom. The van der Waals surface area contributed by atoms with Crippen molar-refractivity contribution in [3.8, 4) is 0 Å². The van der Waals surface area contributed by atoms with Crippen LogP contribution in [0.3, 0.4) is 0 Å². The molecule has 0 saturated carbocycles. The van der Waals surface area contributed by atoms with E-state index in [2.05, 4.69) is 5.32 Å². The topological polar surface area (TPSA) is 38.3 Å². The largest absolute Gasteiger partial charge is 0.466 e. The number of esters is 1. The fourth-order valence-corrected chi connectivity index (χ4v) is 1.48. The summed E-state index contributed by atoms with van der Waals surface area (Å²) >= 11 is 0. The highest BCUT2D eigenvalue weighted by molar-refractivity contribution is 5.72. The summed E-state index contributed by atoms with van der Waals surface area (Å²) in [4.78, 5) is 11.4. The molecule has 0 aliphatic carbocycles. The second-order valence-electron chi connectivity index (χ2n) is 4.05. The van der Waals surface area contributed by atoms with Gasteiger partial charge in [0.2, 0.25) is 0 Å². The van der Waals surface area contributed by atoms with Gasteiger partial charge in [-0.3, -0.25) is 4.79 Å². The molecule has 1 aromatic rings. The molecule has 94 valence electrons. The monoisotopic (exact) mass is 239 g/mol. The second-order valence-corrected chi connectivity index (χ2v) is 4.05. The Kier molecular flexibility index (Phi) is 4.94. The standard InChI is InChI=1S/C13H18FNO2/c1-4-17-13(16)10(3)8-15-12-6-9(2)5-11(14)7-12/h5-7,10,15H,4,8H2,1-3H3. The molecule has 4 heteroatoms. The van der Waals surface area contributed by atoms with Gasteiger partial charge in [0.15, 0.2) is 0 Å². The van der Waals surface area contributed by atoms with Crippen LogP contribution in [0.25, 0.3) is 0 Å². The summed E-state index contributed by atoms with van der Waals surface area (Å²) in [6.45, 7) is 6.18. The summed E-state index contributed by atoms with van der Waals surface area (Å²) in [7, 11) is 0. The molecule has 0 spiro atoms. The number of aryl methyl sites for hydroxylation is 1. The van der Waals surface area contributed by atoms with Crippen LogP contribution < -0.4 is 5.32 Å². The molecule has 0 bridgehead atoms. The first-order chi connectivity index (χ1) is 8.02. The Hall–Kier alpha value is -1.58. The van der Waals surface area contributed by atoms with Crippen molar-refractivity contribution in [2.45, 2.75) is 20.8 Å². The van der Waals surface area contributed by atoms with Gasteiger partial charge in [-0.25, -0.2) is 4.39 Å². The van der Waals surface area contributed by atoms with Gasteiger partial charge in [-0.05, 0) is 37.6 Å². The molecule has 1 N–H and O–H groups in total. The van der Waals surface area contributed by atoms with Crippen molar-refractivity contribution in [2.24, 2.45) is 5.92 Å². The summed E-state index contributed by atoms with van der Waals surface area (Å²) < 4.78 is 18.0. The quantitative estimate of drug-likeness (QED) is 0.803. The smallest absolute Gasteiger partial charge is 0.310 e. The van der Waals surface area contributed by atoms with E-state index in [4.69, 9.17) is 4.74 Å². The van der Waals surface area contributed by atoms with Crippen molar-refractivity contribution in [3.05, 3.63) is 29.6 Å². The lowest BCUT2D eigenvalue weighted by molar-refractivity contribution is -0.146. The number of benzene rings is 1.